The molecule has 1 rings (SSSR count). The molecule has 1 aromatic heterocycles. The molecule has 0 saturated carbocycles. The Morgan fingerprint density at radius 3 is 2.69 bits per heavy atom. The molecule has 1 amide bonds. The van der Waals surface area contributed by atoms with E-state index < -0.39 is 0 Å². The molecule has 0 spiro atoms. The molecule has 0 unspecified atom stereocenters. The van der Waals surface area contributed by atoms with E-state index in [0.717, 1.165) is 0 Å². The van der Waals surface area contributed by atoms with Gasteiger partial charge in [0.2, 0.25) is 5.91 Å². The van der Waals surface area contributed by atoms with Crippen molar-refractivity contribution >= 4 is 17.4 Å². The predicted octanol–water partition coefficient (Wildman–Crippen LogP) is -0.488. The zero-order valence-corrected chi connectivity index (χ0v) is 7.24. The smallest absolute Gasteiger partial charge is 0.236 e. The van der Waals surface area contributed by atoms with Gasteiger partial charge in [-0.3, -0.25) is 4.79 Å². The van der Waals surface area contributed by atoms with Crippen molar-refractivity contribution in [1.82, 2.24) is 15.7 Å². The molecule has 0 saturated heterocycles. The minimum absolute atomic E-state index is 0.145. The van der Waals surface area contributed by atoms with E-state index in [-0.39, 0.29) is 11.7 Å². The molecular weight excluding hydrogens is 174 g/mol. The van der Waals surface area contributed by atoms with Gasteiger partial charge in [-0.1, -0.05) is 0 Å². The minimum atomic E-state index is -0.269. The summed E-state index contributed by atoms with van der Waals surface area (Å²) in [4.78, 5) is 10.5. The maximum atomic E-state index is 10.5. The molecule has 0 atom stereocenters. The fourth-order valence-electron chi connectivity index (χ4n) is 0.662. The maximum absolute atomic E-state index is 10.5. The summed E-state index contributed by atoms with van der Waals surface area (Å²) in [5, 5.41) is 10.6. The van der Waals surface area contributed by atoms with Crippen molar-refractivity contribution in [2.24, 2.45) is 5.10 Å². The van der Waals surface area contributed by atoms with Gasteiger partial charge in [0.05, 0.1) is 5.71 Å². The Labute approximate surface area is 73.9 Å². The van der Waals surface area contributed by atoms with Gasteiger partial charge in [-0.15, -0.1) is 0 Å². The van der Waals surface area contributed by atoms with Crippen LogP contribution in [0.25, 0.3) is 0 Å². The second-order valence-electron chi connectivity index (χ2n) is 2.36. The molecule has 13 heavy (non-hydrogen) atoms. The van der Waals surface area contributed by atoms with Crippen molar-refractivity contribution in [2.45, 2.75) is 13.8 Å². The molecular formula is C6H9N5O2. The van der Waals surface area contributed by atoms with E-state index in [1.807, 2.05) is 0 Å². The first-order valence-electron chi connectivity index (χ1n) is 3.50. The minimum Gasteiger partial charge on any atom is -0.379 e. The summed E-state index contributed by atoms with van der Waals surface area (Å²) in [6.45, 7) is 2.98. The number of nitrogens with one attached hydrogen (secondary N) is 1. The van der Waals surface area contributed by atoms with E-state index in [1.165, 1.54) is 6.92 Å². The van der Waals surface area contributed by atoms with Gasteiger partial charge in [0.25, 0.3) is 0 Å². The van der Waals surface area contributed by atoms with Crippen LogP contribution in [0.15, 0.2) is 9.73 Å². The molecule has 0 fully saturated rings. The Kier molecular flexibility index (Phi) is 2.58. The lowest BCUT2D eigenvalue weighted by atomic mass is 10.3. The standard InChI is InChI=1S/C6H9N5O2/c1-3(8-9-4(2)12)5-6(7)11-13-10-5/h1-2H3,(H2,7,11)(H,9,12). The summed E-state index contributed by atoms with van der Waals surface area (Å²) >= 11 is 0. The summed E-state index contributed by atoms with van der Waals surface area (Å²) in [6.07, 6.45) is 0. The number of hydrazone groups is 1. The predicted molar refractivity (Wildman–Crippen MR) is 44.7 cm³/mol. The van der Waals surface area contributed by atoms with Crippen molar-refractivity contribution in [2.75, 3.05) is 5.73 Å². The van der Waals surface area contributed by atoms with E-state index in [0.29, 0.717) is 11.4 Å². The van der Waals surface area contributed by atoms with Crippen molar-refractivity contribution in [3.63, 3.8) is 0 Å². The molecule has 0 aromatic carbocycles. The van der Waals surface area contributed by atoms with E-state index in [4.69, 9.17) is 5.73 Å². The Morgan fingerprint density at radius 2 is 2.23 bits per heavy atom. The zero-order valence-electron chi connectivity index (χ0n) is 7.24. The van der Waals surface area contributed by atoms with Crippen LogP contribution in [0.4, 0.5) is 5.82 Å². The lowest BCUT2D eigenvalue weighted by Gasteiger charge is -1.95. The molecule has 7 heteroatoms. The van der Waals surface area contributed by atoms with Crippen LogP contribution in [-0.4, -0.2) is 21.9 Å². The van der Waals surface area contributed by atoms with Gasteiger partial charge in [-0.2, -0.15) is 5.10 Å². The fraction of sp³-hybridized carbons (Fsp3) is 0.333. The Balaban J connectivity index is 2.78. The SMILES string of the molecule is CC(=O)NN=C(C)c1nonc1N. The lowest BCUT2D eigenvalue weighted by molar-refractivity contribution is -0.118. The highest BCUT2D eigenvalue weighted by atomic mass is 16.6. The number of hydrogen-bond acceptors (Lipinski definition) is 6. The van der Waals surface area contributed by atoms with Gasteiger partial charge < -0.3 is 5.73 Å². The molecule has 7 nitrogen and oxygen atoms in total. The molecule has 0 aliphatic heterocycles. The molecule has 0 bridgehead atoms. The third-order valence-electron chi connectivity index (χ3n) is 1.24. The number of carbonyl (C=O) groups is 1. The number of carbonyl (C=O) groups excluding carboxylic acids is 1. The van der Waals surface area contributed by atoms with Crippen LogP contribution in [0.5, 0.6) is 0 Å². The fourth-order valence-corrected chi connectivity index (χ4v) is 0.662. The normalized spacial score (nSPS) is 11.4. The summed E-state index contributed by atoms with van der Waals surface area (Å²) in [5.74, 6) is -0.124. The molecule has 1 heterocycles. The van der Waals surface area contributed by atoms with E-state index in [9.17, 15) is 4.79 Å². The van der Waals surface area contributed by atoms with Gasteiger partial charge in [0.15, 0.2) is 11.5 Å². The lowest BCUT2D eigenvalue weighted by Crippen LogP contribution is -2.15. The summed E-state index contributed by atoms with van der Waals surface area (Å²) in [7, 11) is 0. The van der Waals surface area contributed by atoms with Crippen LogP contribution in [-0.2, 0) is 4.79 Å². The largest absolute Gasteiger partial charge is 0.379 e. The summed E-state index contributed by atoms with van der Waals surface area (Å²) in [6, 6.07) is 0. The zero-order chi connectivity index (χ0) is 9.84. The topological polar surface area (TPSA) is 106 Å². The van der Waals surface area contributed by atoms with Crippen LogP contribution in [0.1, 0.15) is 19.5 Å². The highest BCUT2D eigenvalue weighted by molar-refractivity contribution is 6.00. The number of nitrogen functional groups attached to an aromatic ring is 1. The number of anilines is 1. The van der Waals surface area contributed by atoms with Crippen molar-refractivity contribution < 1.29 is 9.42 Å². The first kappa shape index (κ1) is 9.17. The van der Waals surface area contributed by atoms with Crippen LogP contribution < -0.4 is 11.2 Å². The number of aromatic nitrogens is 2. The molecule has 1 aromatic rings. The van der Waals surface area contributed by atoms with Crippen LogP contribution in [0.2, 0.25) is 0 Å². The van der Waals surface area contributed by atoms with Crippen LogP contribution in [0.3, 0.4) is 0 Å². The van der Waals surface area contributed by atoms with Gasteiger partial charge in [-0.25, -0.2) is 10.1 Å². The van der Waals surface area contributed by atoms with Gasteiger partial charge in [-0.05, 0) is 17.2 Å². The number of rotatable bonds is 2. The molecule has 0 aliphatic rings. The van der Waals surface area contributed by atoms with Crippen molar-refractivity contribution in [3.05, 3.63) is 5.69 Å². The molecule has 0 aliphatic carbocycles. The second kappa shape index (κ2) is 3.65. The maximum Gasteiger partial charge on any atom is 0.236 e. The van der Waals surface area contributed by atoms with Crippen molar-refractivity contribution in [3.8, 4) is 0 Å². The third-order valence-corrected chi connectivity index (χ3v) is 1.24. The molecule has 3 N–H and O–H groups in total. The van der Waals surface area contributed by atoms with Crippen LogP contribution >= 0.6 is 0 Å². The average molecular weight is 183 g/mol. The van der Waals surface area contributed by atoms with Gasteiger partial charge in [0.1, 0.15) is 0 Å². The van der Waals surface area contributed by atoms with Crippen LogP contribution in [0, 0.1) is 0 Å². The first-order chi connectivity index (χ1) is 6.11. The Morgan fingerprint density at radius 1 is 1.54 bits per heavy atom. The summed E-state index contributed by atoms with van der Waals surface area (Å²) < 4.78 is 4.35. The third kappa shape index (κ3) is 2.26. The number of amides is 1. The number of nitrogens with zero attached hydrogens (tertiary/aromatic N) is 3. The van der Waals surface area contributed by atoms with Crippen molar-refractivity contribution in [1.29, 1.82) is 0 Å². The van der Waals surface area contributed by atoms with E-state index in [2.05, 4.69) is 25.5 Å². The molecule has 70 valence electrons. The van der Waals surface area contributed by atoms with Gasteiger partial charge in [0, 0.05) is 6.92 Å². The quantitative estimate of drug-likeness (QED) is 0.475. The van der Waals surface area contributed by atoms with E-state index >= 15 is 0 Å². The Bertz CT molecular complexity index is 343. The van der Waals surface area contributed by atoms with E-state index in [1.54, 1.807) is 6.92 Å². The average Bonchev–Trinajstić information content (AvgIpc) is 2.47. The second-order valence-corrected chi connectivity index (χ2v) is 2.36. The number of hydrogen-bond donors (Lipinski definition) is 2. The molecule has 0 radical (unpaired) electrons. The first-order valence-corrected chi connectivity index (χ1v) is 3.50. The highest BCUT2D eigenvalue weighted by Gasteiger charge is 2.09. The Hall–Kier alpha value is -1.92. The number of nitrogens with two attached hydrogens (primary N) is 1. The summed E-state index contributed by atoms with van der Waals surface area (Å²) in [5.41, 5.74) is 8.40. The van der Waals surface area contributed by atoms with Gasteiger partial charge >= 0.3 is 0 Å². The highest BCUT2D eigenvalue weighted by Crippen LogP contribution is 2.04. The monoisotopic (exact) mass is 183 g/mol.